The molecule has 1 aromatic rings. The van der Waals surface area contributed by atoms with Gasteiger partial charge in [-0.3, -0.25) is 0 Å². The van der Waals surface area contributed by atoms with Crippen LogP contribution in [0.4, 0.5) is 5.69 Å². The lowest BCUT2D eigenvalue weighted by Gasteiger charge is -2.35. The molecule has 2 N–H and O–H groups in total. The summed E-state index contributed by atoms with van der Waals surface area (Å²) in [6.45, 7) is 3.34. The van der Waals surface area contributed by atoms with E-state index >= 15 is 0 Å². The van der Waals surface area contributed by atoms with E-state index in [9.17, 15) is 0 Å². The van der Waals surface area contributed by atoms with Crippen molar-refractivity contribution in [3.05, 3.63) is 24.3 Å². The van der Waals surface area contributed by atoms with Crippen LogP contribution in [0.2, 0.25) is 0 Å². The van der Waals surface area contributed by atoms with E-state index in [1.54, 1.807) is 12.1 Å². The lowest BCUT2D eigenvalue weighted by molar-refractivity contribution is 0.426. The van der Waals surface area contributed by atoms with Crippen molar-refractivity contribution < 1.29 is 10.0 Å². The van der Waals surface area contributed by atoms with Crippen molar-refractivity contribution in [3.8, 4) is 0 Å². The number of hydrogen-bond acceptors (Lipinski definition) is 3. The molecular formula is C12H18BNO2. The maximum absolute atomic E-state index is 9.02. The zero-order chi connectivity index (χ0) is 11.5. The van der Waals surface area contributed by atoms with Crippen molar-refractivity contribution in [1.29, 1.82) is 0 Å². The van der Waals surface area contributed by atoms with Gasteiger partial charge in [0.1, 0.15) is 0 Å². The Morgan fingerprint density at radius 2 is 1.88 bits per heavy atom. The zero-order valence-electron chi connectivity index (χ0n) is 9.63. The Balaban J connectivity index is 2.14. The summed E-state index contributed by atoms with van der Waals surface area (Å²) in [4.78, 5) is 2.39. The van der Waals surface area contributed by atoms with Gasteiger partial charge in [-0.1, -0.05) is 12.1 Å². The summed E-state index contributed by atoms with van der Waals surface area (Å²) in [5.41, 5.74) is 1.73. The molecule has 16 heavy (non-hydrogen) atoms. The van der Waals surface area contributed by atoms with Gasteiger partial charge in [0.25, 0.3) is 0 Å². The second-order valence-corrected chi connectivity index (χ2v) is 4.50. The summed E-state index contributed by atoms with van der Waals surface area (Å²) in [5.74, 6) is 0. The topological polar surface area (TPSA) is 43.7 Å². The van der Waals surface area contributed by atoms with Crippen LogP contribution in [-0.4, -0.2) is 29.8 Å². The highest BCUT2D eigenvalue weighted by Gasteiger charge is 2.19. The highest BCUT2D eigenvalue weighted by atomic mass is 16.4. The normalized spacial score (nSPS) is 20.9. The molecule has 1 atom stereocenters. The quantitative estimate of drug-likeness (QED) is 0.721. The van der Waals surface area contributed by atoms with Gasteiger partial charge in [-0.05, 0) is 43.8 Å². The maximum Gasteiger partial charge on any atom is 0.488 e. The summed E-state index contributed by atoms with van der Waals surface area (Å²) in [5, 5.41) is 18.0. The highest BCUT2D eigenvalue weighted by molar-refractivity contribution is 6.58. The molecule has 1 heterocycles. The van der Waals surface area contributed by atoms with Gasteiger partial charge in [0.05, 0.1) is 0 Å². The molecule has 3 nitrogen and oxygen atoms in total. The molecule has 2 rings (SSSR count). The van der Waals surface area contributed by atoms with Crippen LogP contribution in [-0.2, 0) is 0 Å². The molecule has 1 aliphatic rings. The minimum Gasteiger partial charge on any atom is -0.423 e. The van der Waals surface area contributed by atoms with Crippen molar-refractivity contribution in [2.45, 2.75) is 32.2 Å². The minimum absolute atomic E-state index is 0.549. The minimum atomic E-state index is -1.37. The number of rotatable bonds is 2. The Labute approximate surface area is 96.9 Å². The average molecular weight is 219 g/mol. The standard InChI is InChI=1S/C12H18BNO2/c1-10-4-2-3-9-14(10)12-7-5-11(6-8-12)13(15)16/h5-8,10,15-16H,2-4,9H2,1H3. The molecule has 0 saturated carbocycles. The lowest BCUT2D eigenvalue weighted by atomic mass is 9.80. The third-order valence-electron chi connectivity index (χ3n) is 3.33. The van der Waals surface area contributed by atoms with Crippen LogP contribution < -0.4 is 10.4 Å². The first-order chi connectivity index (χ1) is 7.68. The molecule has 0 spiro atoms. The zero-order valence-corrected chi connectivity index (χ0v) is 9.63. The molecule has 0 radical (unpaired) electrons. The summed E-state index contributed by atoms with van der Waals surface area (Å²) in [6.07, 6.45) is 3.80. The molecular weight excluding hydrogens is 201 g/mol. The smallest absolute Gasteiger partial charge is 0.423 e. The first kappa shape index (κ1) is 11.5. The van der Waals surface area contributed by atoms with Crippen LogP contribution in [0.3, 0.4) is 0 Å². The SMILES string of the molecule is CC1CCCCN1c1ccc(B(O)O)cc1. The Bertz CT molecular complexity index is 339. The first-order valence-corrected chi connectivity index (χ1v) is 5.91. The molecule has 1 aromatic carbocycles. The van der Waals surface area contributed by atoms with Gasteiger partial charge in [-0.2, -0.15) is 0 Å². The second kappa shape index (κ2) is 4.89. The molecule has 1 aliphatic heterocycles. The first-order valence-electron chi connectivity index (χ1n) is 5.91. The van der Waals surface area contributed by atoms with Gasteiger partial charge >= 0.3 is 7.12 Å². The molecule has 0 amide bonds. The van der Waals surface area contributed by atoms with Gasteiger partial charge in [-0.25, -0.2) is 0 Å². The molecule has 1 saturated heterocycles. The monoisotopic (exact) mass is 219 g/mol. The molecule has 4 heteroatoms. The fourth-order valence-electron chi connectivity index (χ4n) is 2.32. The third-order valence-corrected chi connectivity index (χ3v) is 3.33. The fraction of sp³-hybridized carbons (Fsp3) is 0.500. The molecule has 0 bridgehead atoms. The van der Waals surface area contributed by atoms with Crippen molar-refractivity contribution >= 4 is 18.3 Å². The van der Waals surface area contributed by atoms with E-state index in [2.05, 4.69) is 11.8 Å². The molecule has 0 aliphatic carbocycles. The third kappa shape index (κ3) is 2.39. The molecule has 86 valence electrons. The van der Waals surface area contributed by atoms with Crippen LogP contribution in [0, 0.1) is 0 Å². The van der Waals surface area contributed by atoms with Gasteiger partial charge in [0.15, 0.2) is 0 Å². The number of anilines is 1. The largest absolute Gasteiger partial charge is 0.488 e. The summed E-state index contributed by atoms with van der Waals surface area (Å²) < 4.78 is 0. The lowest BCUT2D eigenvalue weighted by Crippen LogP contribution is -2.38. The van der Waals surface area contributed by atoms with Crippen molar-refractivity contribution in [2.24, 2.45) is 0 Å². The van der Waals surface area contributed by atoms with E-state index in [1.165, 1.54) is 24.9 Å². The van der Waals surface area contributed by atoms with E-state index in [0.29, 0.717) is 11.5 Å². The highest BCUT2D eigenvalue weighted by Crippen LogP contribution is 2.23. The van der Waals surface area contributed by atoms with E-state index in [-0.39, 0.29) is 0 Å². The van der Waals surface area contributed by atoms with E-state index in [4.69, 9.17) is 10.0 Å². The van der Waals surface area contributed by atoms with E-state index < -0.39 is 7.12 Å². The number of piperidine rings is 1. The number of nitrogens with zero attached hydrogens (tertiary/aromatic N) is 1. The van der Waals surface area contributed by atoms with Gasteiger partial charge in [0.2, 0.25) is 0 Å². The Kier molecular flexibility index (Phi) is 3.51. The summed E-state index contributed by atoms with van der Waals surface area (Å²) in [7, 11) is -1.37. The Hall–Kier alpha value is -0.995. The van der Waals surface area contributed by atoms with Crippen LogP contribution in [0.25, 0.3) is 0 Å². The van der Waals surface area contributed by atoms with Crippen LogP contribution in [0.5, 0.6) is 0 Å². The summed E-state index contributed by atoms with van der Waals surface area (Å²) in [6, 6.07) is 8.08. The van der Waals surface area contributed by atoms with Gasteiger partial charge in [0, 0.05) is 18.3 Å². The van der Waals surface area contributed by atoms with Gasteiger partial charge < -0.3 is 14.9 Å². The summed E-state index contributed by atoms with van der Waals surface area (Å²) >= 11 is 0. The van der Waals surface area contributed by atoms with Crippen molar-refractivity contribution in [1.82, 2.24) is 0 Å². The molecule has 0 aromatic heterocycles. The van der Waals surface area contributed by atoms with Crippen LogP contribution in [0.1, 0.15) is 26.2 Å². The number of hydrogen-bond donors (Lipinski definition) is 2. The maximum atomic E-state index is 9.02. The fourth-order valence-corrected chi connectivity index (χ4v) is 2.32. The predicted molar refractivity (Wildman–Crippen MR) is 66.9 cm³/mol. The van der Waals surface area contributed by atoms with Gasteiger partial charge in [-0.15, -0.1) is 0 Å². The average Bonchev–Trinajstić information content (AvgIpc) is 2.30. The predicted octanol–water partition coefficient (Wildman–Crippen LogP) is 0.745. The Morgan fingerprint density at radius 1 is 1.19 bits per heavy atom. The molecule has 1 fully saturated rings. The van der Waals surface area contributed by atoms with Crippen LogP contribution >= 0.6 is 0 Å². The number of benzene rings is 1. The van der Waals surface area contributed by atoms with E-state index in [0.717, 1.165) is 6.54 Å². The molecule has 1 unspecified atom stereocenters. The second-order valence-electron chi connectivity index (χ2n) is 4.50. The van der Waals surface area contributed by atoms with Crippen molar-refractivity contribution in [3.63, 3.8) is 0 Å². The Morgan fingerprint density at radius 3 is 2.44 bits per heavy atom. The van der Waals surface area contributed by atoms with E-state index in [1.807, 2.05) is 12.1 Å². The van der Waals surface area contributed by atoms with Crippen LogP contribution in [0.15, 0.2) is 24.3 Å². The van der Waals surface area contributed by atoms with Crippen molar-refractivity contribution in [2.75, 3.05) is 11.4 Å².